The largest absolute Gasteiger partial charge is 0.389 e. The van der Waals surface area contributed by atoms with Crippen LogP contribution in [0.2, 0.25) is 0 Å². The second-order valence-electron chi connectivity index (χ2n) is 10.3. The monoisotopic (exact) mass is 422 g/mol. The first-order valence-electron chi connectivity index (χ1n) is 12.5. The number of imidazole rings is 1. The number of hydrogen-bond donors (Lipinski definition) is 2. The van der Waals surface area contributed by atoms with Gasteiger partial charge in [0.1, 0.15) is 0 Å². The van der Waals surface area contributed by atoms with Gasteiger partial charge in [-0.05, 0) is 76.0 Å². The second kappa shape index (κ2) is 8.89. The number of nitrogens with two attached hydrogens (primary N) is 1. The number of nitrogens with zero attached hydrogens (tertiary/aromatic N) is 4. The summed E-state index contributed by atoms with van der Waals surface area (Å²) in [5.41, 5.74) is 10.9. The highest BCUT2D eigenvalue weighted by molar-refractivity contribution is 5.33. The average Bonchev–Trinajstić information content (AvgIpc) is 3.19. The molecule has 0 radical (unpaired) electrons. The van der Waals surface area contributed by atoms with E-state index in [1.54, 1.807) is 0 Å². The van der Waals surface area contributed by atoms with Gasteiger partial charge in [-0.1, -0.05) is 25.8 Å². The van der Waals surface area contributed by atoms with Gasteiger partial charge in [0.05, 0.1) is 29.3 Å². The lowest BCUT2D eigenvalue weighted by atomic mass is 9.86. The van der Waals surface area contributed by atoms with Crippen LogP contribution in [0.3, 0.4) is 0 Å². The highest BCUT2D eigenvalue weighted by Gasteiger charge is 2.47. The van der Waals surface area contributed by atoms with Crippen molar-refractivity contribution >= 4 is 5.78 Å². The quantitative estimate of drug-likeness (QED) is 0.742. The van der Waals surface area contributed by atoms with Crippen LogP contribution in [0.1, 0.15) is 99.7 Å². The molecular formula is C25H38N6. The maximum Gasteiger partial charge on any atom is 0.251 e. The number of hydrogen-bond acceptors (Lipinski definition) is 5. The fourth-order valence-electron chi connectivity index (χ4n) is 5.97. The molecule has 0 aromatic carbocycles. The molecule has 31 heavy (non-hydrogen) atoms. The summed E-state index contributed by atoms with van der Waals surface area (Å²) in [6.07, 6.45) is 16.3. The first-order chi connectivity index (χ1) is 15.1. The maximum absolute atomic E-state index is 6.53. The van der Waals surface area contributed by atoms with Crippen LogP contribution in [-0.4, -0.2) is 26.1 Å². The van der Waals surface area contributed by atoms with Gasteiger partial charge in [-0.2, -0.15) is 5.10 Å². The lowest BCUT2D eigenvalue weighted by molar-refractivity contribution is 0.399. The Kier molecular flexibility index (Phi) is 6.00. The third-order valence-electron chi connectivity index (χ3n) is 7.94. The molecule has 4 aliphatic rings. The van der Waals surface area contributed by atoms with Crippen LogP contribution in [0, 0.1) is 24.7 Å². The molecule has 1 saturated heterocycles. The van der Waals surface area contributed by atoms with Crippen molar-refractivity contribution in [3.8, 4) is 0 Å². The Bertz CT molecular complexity index is 909. The van der Waals surface area contributed by atoms with Crippen LogP contribution in [0.25, 0.3) is 5.78 Å². The van der Waals surface area contributed by atoms with Crippen LogP contribution >= 0.6 is 0 Å². The highest BCUT2D eigenvalue weighted by Crippen LogP contribution is 2.56. The van der Waals surface area contributed by atoms with Crippen molar-refractivity contribution in [3.05, 3.63) is 35.6 Å². The molecule has 3 atom stereocenters. The number of piperidine rings is 1. The number of fused-ring (bicyclic) bond motifs is 2. The summed E-state index contributed by atoms with van der Waals surface area (Å²) in [7, 11) is 0. The van der Waals surface area contributed by atoms with E-state index in [0.717, 1.165) is 41.2 Å². The van der Waals surface area contributed by atoms with Crippen molar-refractivity contribution in [1.29, 1.82) is 0 Å². The number of rotatable bonds is 3. The van der Waals surface area contributed by atoms with E-state index in [2.05, 4.69) is 18.8 Å². The molecule has 0 amide bonds. The van der Waals surface area contributed by atoms with E-state index in [4.69, 9.17) is 20.8 Å². The molecule has 3 aliphatic carbocycles. The molecule has 6 nitrogen and oxygen atoms in total. The van der Waals surface area contributed by atoms with Crippen LogP contribution in [0.4, 0.5) is 0 Å². The SMILES string of the molecule is C=C1CCCCN1.Cc1nn2cc(C(N)C3CC4CC4C3)nc2nc1C1CCCCC1. The summed E-state index contributed by atoms with van der Waals surface area (Å²) in [6.45, 7) is 7.02. The average molecular weight is 423 g/mol. The zero-order chi connectivity index (χ0) is 21.4. The number of nitrogens with one attached hydrogen (secondary N) is 1. The summed E-state index contributed by atoms with van der Waals surface area (Å²) in [5.74, 6) is 3.79. The van der Waals surface area contributed by atoms with E-state index in [9.17, 15) is 0 Å². The van der Waals surface area contributed by atoms with E-state index in [1.165, 1.54) is 76.3 Å². The van der Waals surface area contributed by atoms with Gasteiger partial charge in [0, 0.05) is 18.2 Å². The summed E-state index contributed by atoms with van der Waals surface area (Å²) in [5, 5.41) is 7.93. The van der Waals surface area contributed by atoms with Crippen molar-refractivity contribution in [1.82, 2.24) is 24.9 Å². The van der Waals surface area contributed by atoms with Crippen molar-refractivity contribution in [2.24, 2.45) is 23.5 Å². The van der Waals surface area contributed by atoms with E-state index in [-0.39, 0.29) is 6.04 Å². The van der Waals surface area contributed by atoms with Gasteiger partial charge >= 0.3 is 0 Å². The van der Waals surface area contributed by atoms with Gasteiger partial charge in [-0.25, -0.2) is 14.5 Å². The number of aryl methyl sites for hydroxylation is 1. The minimum Gasteiger partial charge on any atom is -0.389 e. The first-order valence-corrected chi connectivity index (χ1v) is 12.5. The molecule has 2 aromatic rings. The lowest BCUT2D eigenvalue weighted by Gasteiger charge is -2.21. The van der Waals surface area contributed by atoms with Crippen LogP contribution in [-0.2, 0) is 0 Å². The topological polar surface area (TPSA) is 81.1 Å². The van der Waals surface area contributed by atoms with Crippen LogP contribution in [0.15, 0.2) is 18.5 Å². The molecule has 3 saturated carbocycles. The molecular weight excluding hydrogens is 384 g/mol. The van der Waals surface area contributed by atoms with Crippen molar-refractivity contribution in [2.45, 2.75) is 89.5 Å². The van der Waals surface area contributed by atoms with Crippen LogP contribution in [0.5, 0.6) is 0 Å². The first kappa shape index (κ1) is 20.9. The minimum absolute atomic E-state index is 0.0414. The highest BCUT2D eigenvalue weighted by atomic mass is 15.3. The molecule has 3 N–H and O–H groups in total. The van der Waals surface area contributed by atoms with E-state index >= 15 is 0 Å². The van der Waals surface area contributed by atoms with E-state index in [1.807, 2.05) is 10.7 Å². The minimum atomic E-state index is 0.0414. The summed E-state index contributed by atoms with van der Waals surface area (Å²) in [6, 6.07) is 0.0414. The maximum atomic E-state index is 6.53. The Morgan fingerprint density at radius 1 is 1.06 bits per heavy atom. The van der Waals surface area contributed by atoms with Gasteiger partial charge in [0.15, 0.2) is 0 Å². The fourth-order valence-corrected chi connectivity index (χ4v) is 5.97. The normalized spacial score (nSPS) is 29.1. The Hall–Kier alpha value is -1.95. The molecule has 2 aromatic heterocycles. The molecule has 0 bridgehead atoms. The van der Waals surface area contributed by atoms with Crippen molar-refractivity contribution in [2.75, 3.05) is 6.54 Å². The standard InChI is InChI=1S/C19H27N5.C6H11N/c1-11-18(12-5-3-2-4-6-12)22-19-21-16(10-24(19)23-11)17(20)15-8-13-7-14(13)9-15;1-6-4-2-3-5-7-6/h10,12-15,17H,2-9,20H2,1H3;7H,1-5H2. The fraction of sp³-hybridized carbons (Fsp3) is 0.720. The van der Waals surface area contributed by atoms with E-state index < -0.39 is 0 Å². The smallest absolute Gasteiger partial charge is 0.251 e. The molecule has 4 fully saturated rings. The zero-order valence-corrected chi connectivity index (χ0v) is 19.0. The Balaban J connectivity index is 0.000000250. The summed E-state index contributed by atoms with van der Waals surface area (Å²) >= 11 is 0. The molecule has 0 spiro atoms. The van der Waals surface area contributed by atoms with Gasteiger partial charge in [0.25, 0.3) is 5.78 Å². The van der Waals surface area contributed by atoms with Gasteiger partial charge in [-0.15, -0.1) is 0 Å². The Labute approximate surface area is 186 Å². The van der Waals surface area contributed by atoms with Gasteiger partial charge in [-0.3, -0.25) is 0 Å². The second-order valence-corrected chi connectivity index (χ2v) is 10.3. The van der Waals surface area contributed by atoms with Gasteiger partial charge < -0.3 is 11.1 Å². The zero-order valence-electron chi connectivity index (χ0n) is 19.0. The third-order valence-corrected chi connectivity index (χ3v) is 7.94. The number of allylic oxidation sites excluding steroid dienone is 1. The molecule has 3 unspecified atom stereocenters. The Morgan fingerprint density at radius 3 is 2.48 bits per heavy atom. The predicted octanol–water partition coefficient (Wildman–Crippen LogP) is 4.80. The third kappa shape index (κ3) is 4.64. The summed E-state index contributed by atoms with van der Waals surface area (Å²) < 4.78 is 1.84. The molecule has 1 aliphatic heterocycles. The molecule has 3 heterocycles. The molecule has 6 heteroatoms. The predicted molar refractivity (Wildman–Crippen MR) is 124 cm³/mol. The number of aromatic nitrogens is 4. The van der Waals surface area contributed by atoms with Crippen molar-refractivity contribution in [3.63, 3.8) is 0 Å². The molecule has 168 valence electrons. The van der Waals surface area contributed by atoms with Crippen molar-refractivity contribution < 1.29 is 0 Å². The Morgan fingerprint density at radius 2 is 1.84 bits per heavy atom. The van der Waals surface area contributed by atoms with Gasteiger partial charge in [0.2, 0.25) is 0 Å². The van der Waals surface area contributed by atoms with E-state index in [0.29, 0.717) is 11.8 Å². The molecule has 6 rings (SSSR count). The lowest BCUT2D eigenvalue weighted by Crippen LogP contribution is -2.20. The summed E-state index contributed by atoms with van der Waals surface area (Å²) in [4.78, 5) is 9.64. The van der Waals surface area contributed by atoms with Crippen LogP contribution < -0.4 is 11.1 Å².